The zero-order valence-electron chi connectivity index (χ0n) is 17.5. The van der Waals surface area contributed by atoms with Crippen molar-refractivity contribution in [3.05, 3.63) is 77.1 Å². The molecule has 5 N–H and O–H groups in total. The zero-order chi connectivity index (χ0) is 22.9. The zero-order valence-corrected chi connectivity index (χ0v) is 18.3. The Morgan fingerprint density at radius 3 is 2.76 bits per heavy atom. The molecule has 5 rings (SSSR count). The quantitative estimate of drug-likeness (QED) is 0.216. The molecule has 0 bridgehead atoms. The standard InChI is InChI=1S/C24H22N4O4S/c29-21-10-14-4-1-2-7-20(14)28(22(21)23(30)31)16-5-3-6-17(12-16)32-13-25-15-8-9-18-19(11-15)27-24(33)26-18/h1-9,11-12,21-22,25,29H,10,13H2,(H,30,31)(H2,26,27,33). The number of anilines is 3. The summed E-state index contributed by atoms with van der Waals surface area (Å²) in [5.41, 5.74) is 4.98. The Bertz CT molecular complexity index is 1380. The molecule has 0 fully saturated rings. The number of aliphatic hydroxyl groups is 1. The number of aromatic nitrogens is 2. The van der Waals surface area contributed by atoms with Gasteiger partial charge in [0.1, 0.15) is 5.75 Å². The van der Waals surface area contributed by atoms with E-state index in [2.05, 4.69) is 15.3 Å². The molecule has 0 amide bonds. The molecule has 0 aliphatic carbocycles. The van der Waals surface area contributed by atoms with Gasteiger partial charge in [-0.25, -0.2) is 4.79 Å². The van der Waals surface area contributed by atoms with Crippen LogP contribution in [0.15, 0.2) is 66.7 Å². The second kappa shape index (κ2) is 8.61. The number of nitrogens with one attached hydrogen (secondary N) is 3. The lowest BCUT2D eigenvalue weighted by Crippen LogP contribution is -2.50. The Kier molecular flexibility index (Phi) is 5.49. The average molecular weight is 463 g/mol. The molecule has 0 radical (unpaired) electrons. The smallest absolute Gasteiger partial charge is 0.329 e. The van der Waals surface area contributed by atoms with Crippen molar-refractivity contribution in [2.24, 2.45) is 0 Å². The molecule has 168 valence electrons. The van der Waals surface area contributed by atoms with Gasteiger partial charge >= 0.3 is 5.97 Å². The number of rotatable bonds is 6. The molecule has 3 aromatic carbocycles. The summed E-state index contributed by atoms with van der Waals surface area (Å²) < 4.78 is 6.45. The SMILES string of the molecule is O=C(O)C1C(O)Cc2ccccc2N1c1cccc(OCNc2ccc3[nH]c(=S)[nH]c3c2)c1. The molecular weight excluding hydrogens is 440 g/mol. The molecule has 1 aliphatic heterocycles. The summed E-state index contributed by atoms with van der Waals surface area (Å²) in [4.78, 5) is 19.8. The molecule has 8 nitrogen and oxygen atoms in total. The predicted molar refractivity (Wildman–Crippen MR) is 129 cm³/mol. The maximum absolute atomic E-state index is 12.0. The molecule has 0 saturated heterocycles. The summed E-state index contributed by atoms with van der Waals surface area (Å²) in [6.45, 7) is 0.210. The van der Waals surface area contributed by atoms with E-state index in [4.69, 9.17) is 17.0 Å². The van der Waals surface area contributed by atoms with E-state index in [0.717, 1.165) is 28.0 Å². The lowest BCUT2D eigenvalue weighted by Gasteiger charge is -2.39. The van der Waals surface area contributed by atoms with E-state index in [9.17, 15) is 15.0 Å². The van der Waals surface area contributed by atoms with Crippen molar-refractivity contribution < 1.29 is 19.7 Å². The third-order valence-electron chi connectivity index (χ3n) is 5.70. The van der Waals surface area contributed by atoms with Crippen molar-refractivity contribution in [3.63, 3.8) is 0 Å². The third-order valence-corrected chi connectivity index (χ3v) is 5.91. The number of fused-ring (bicyclic) bond motifs is 2. The van der Waals surface area contributed by atoms with Crippen LogP contribution in [-0.4, -0.2) is 45.0 Å². The first-order valence-electron chi connectivity index (χ1n) is 10.5. The highest BCUT2D eigenvalue weighted by atomic mass is 32.1. The van der Waals surface area contributed by atoms with E-state index >= 15 is 0 Å². The highest BCUT2D eigenvalue weighted by Gasteiger charge is 2.39. The number of carbonyl (C=O) groups is 1. The second-order valence-electron chi connectivity index (χ2n) is 7.86. The van der Waals surface area contributed by atoms with Gasteiger partial charge in [-0.05, 0) is 54.2 Å². The predicted octanol–water partition coefficient (Wildman–Crippen LogP) is 4.18. The molecule has 1 aliphatic rings. The number of aliphatic hydroxyl groups excluding tert-OH is 1. The lowest BCUT2D eigenvalue weighted by atomic mass is 9.92. The van der Waals surface area contributed by atoms with Crippen molar-refractivity contribution in [3.8, 4) is 5.75 Å². The van der Waals surface area contributed by atoms with Crippen LogP contribution in [-0.2, 0) is 11.2 Å². The highest BCUT2D eigenvalue weighted by molar-refractivity contribution is 7.71. The number of benzene rings is 3. The van der Waals surface area contributed by atoms with E-state index in [-0.39, 0.29) is 6.73 Å². The van der Waals surface area contributed by atoms with Crippen LogP contribution in [0.3, 0.4) is 0 Å². The van der Waals surface area contributed by atoms with Crippen molar-refractivity contribution in [1.29, 1.82) is 0 Å². The molecule has 0 saturated carbocycles. The fraction of sp³-hybridized carbons (Fsp3) is 0.167. The summed E-state index contributed by atoms with van der Waals surface area (Å²) in [7, 11) is 0. The molecule has 2 unspecified atom stereocenters. The van der Waals surface area contributed by atoms with Crippen LogP contribution in [0.2, 0.25) is 0 Å². The van der Waals surface area contributed by atoms with Crippen LogP contribution in [0.4, 0.5) is 17.1 Å². The van der Waals surface area contributed by atoms with Crippen molar-refractivity contribution >= 4 is 46.3 Å². The fourth-order valence-electron chi connectivity index (χ4n) is 4.22. The summed E-state index contributed by atoms with van der Waals surface area (Å²) in [6, 6.07) is 19.4. The average Bonchev–Trinajstić information content (AvgIpc) is 3.17. The van der Waals surface area contributed by atoms with Gasteiger partial charge in [0.05, 0.1) is 17.1 Å². The van der Waals surface area contributed by atoms with Crippen LogP contribution in [0.1, 0.15) is 5.56 Å². The molecule has 33 heavy (non-hydrogen) atoms. The minimum atomic E-state index is -1.09. The van der Waals surface area contributed by atoms with E-state index < -0.39 is 18.1 Å². The van der Waals surface area contributed by atoms with Gasteiger partial charge < -0.3 is 35.1 Å². The topological polar surface area (TPSA) is 114 Å². The molecule has 1 aromatic heterocycles. The number of H-pyrrole nitrogens is 2. The van der Waals surface area contributed by atoms with E-state index in [0.29, 0.717) is 22.6 Å². The maximum atomic E-state index is 12.0. The van der Waals surface area contributed by atoms with Crippen molar-refractivity contribution in [2.45, 2.75) is 18.6 Å². The monoisotopic (exact) mass is 462 g/mol. The Morgan fingerprint density at radius 2 is 1.91 bits per heavy atom. The molecule has 0 spiro atoms. The number of aromatic amines is 2. The number of carboxylic acid groups (broad SMARTS) is 1. The first-order valence-corrected chi connectivity index (χ1v) is 10.9. The lowest BCUT2D eigenvalue weighted by molar-refractivity contribution is -0.141. The molecular formula is C24H22N4O4S. The number of hydrogen-bond acceptors (Lipinski definition) is 6. The molecule has 2 heterocycles. The van der Waals surface area contributed by atoms with Crippen LogP contribution >= 0.6 is 12.2 Å². The van der Waals surface area contributed by atoms with Crippen LogP contribution in [0, 0.1) is 4.77 Å². The summed E-state index contributed by atoms with van der Waals surface area (Å²) in [5, 5.41) is 23.6. The van der Waals surface area contributed by atoms with E-state index in [1.807, 2.05) is 48.5 Å². The van der Waals surface area contributed by atoms with Crippen molar-refractivity contribution in [2.75, 3.05) is 16.9 Å². The molecule has 9 heteroatoms. The van der Waals surface area contributed by atoms with Gasteiger partial charge in [-0.1, -0.05) is 24.3 Å². The Morgan fingerprint density at radius 1 is 1.09 bits per heavy atom. The van der Waals surface area contributed by atoms with Gasteiger partial charge in [0.2, 0.25) is 0 Å². The maximum Gasteiger partial charge on any atom is 0.329 e. The van der Waals surface area contributed by atoms with E-state index in [1.165, 1.54) is 0 Å². The van der Waals surface area contributed by atoms with E-state index in [1.54, 1.807) is 23.1 Å². The number of carboxylic acids is 1. The largest absolute Gasteiger partial charge is 0.480 e. The van der Waals surface area contributed by atoms with Crippen LogP contribution < -0.4 is 15.0 Å². The number of nitrogens with zero attached hydrogens (tertiary/aromatic N) is 1. The Labute approximate surface area is 194 Å². The second-order valence-corrected chi connectivity index (χ2v) is 8.26. The summed E-state index contributed by atoms with van der Waals surface area (Å²) >= 11 is 5.12. The van der Waals surface area contributed by atoms with Gasteiger partial charge in [-0.15, -0.1) is 0 Å². The minimum Gasteiger partial charge on any atom is -0.480 e. The summed E-state index contributed by atoms with van der Waals surface area (Å²) in [5.74, 6) is -0.506. The first-order chi connectivity index (χ1) is 16.0. The van der Waals surface area contributed by atoms with Crippen molar-refractivity contribution in [1.82, 2.24) is 9.97 Å². The number of ether oxygens (including phenoxy) is 1. The Hall–Kier alpha value is -3.82. The van der Waals surface area contributed by atoms with Crippen LogP contribution in [0.5, 0.6) is 5.75 Å². The van der Waals surface area contributed by atoms with Gasteiger partial charge in [0.25, 0.3) is 0 Å². The van der Waals surface area contributed by atoms with Gasteiger partial charge in [-0.2, -0.15) is 0 Å². The fourth-order valence-corrected chi connectivity index (χ4v) is 4.44. The number of para-hydroxylation sites is 1. The van der Waals surface area contributed by atoms with Gasteiger partial charge in [0.15, 0.2) is 17.5 Å². The van der Waals surface area contributed by atoms with Gasteiger partial charge in [-0.3, -0.25) is 0 Å². The minimum absolute atomic E-state index is 0.210. The number of imidazole rings is 1. The number of aliphatic carboxylic acids is 1. The summed E-state index contributed by atoms with van der Waals surface area (Å²) in [6.07, 6.45) is -0.737. The molecule has 4 aromatic rings. The first kappa shape index (κ1) is 21.0. The third kappa shape index (κ3) is 4.15. The highest BCUT2D eigenvalue weighted by Crippen LogP contribution is 2.38. The van der Waals surface area contributed by atoms with Crippen LogP contribution in [0.25, 0.3) is 11.0 Å². The number of hydrogen-bond donors (Lipinski definition) is 5. The normalized spacial score (nSPS) is 17.5. The molecule has 2 atom stereocenters. The van der Waals surface area contributed by atoms with Gasteiger partial charge in [0, 0.05) is 29.5 Å². The Balaban J connectivity index is 1.36.